The minimum Gasteiger partial charge on any atom is -0.466 e. The average molecular weight is 258 g/mol. The molecule has 0 spiro atoms. The van der Waals surface area contributed by atoms with Gasteiger partial charge < -0.3 is 15.2 Å². The van der Waals surface area contributed by atoms with Crippen LogP contribution in [0, 0.1) is 0 Å². The molecule has 5 heteroatoms. The molecule has 0 radical (unpaired) electrons. The first-order chi connectivity index (χ1) is 8.11. The van der Waals surface area contributed by atoms with Gasteiger partial charge >= 0.3 is 5.97 Å². The molecule has 1 rings (SSSR count). The molecule has 1 unspecified atom stereocenters. The normalized spacial score (nSPS) is 11.9. The lowest BCUT2D eigenvalue weighted by atomic mass is 10.2. The fourth-order valence-electron chi connectivity index (χ4n) is 1.32. The van der Waals surface area contributed by atoms with Crippen LogP contribution in [0.25, 0.3) is 0 Å². The van der Waals surface area contributed by atoms with Crippen LogP contribution in [0.2, 0.25) is 5.02 Å². The zero-order chi connectivity index (χ0) is 12.7. The standard InChI is InChI=1S/C12H16ClNO3/c1-2-17-12(16)7-11(15)8-14-10-5-3-4-9(13)6-10/h3-6,11,14-15H,2,7-8H2,1H3. The topological polar surface area (TPSA) is 58.6 Å². The SMILES string of the molecule is CCOC(=O)CC(O)CNc1cccc(Cl)c1. The Morgan fingerprint density at radius 2 is 2.35 bits per heavy atom. The van der Waals surface area contributed by atoms with Crippen molar-refractivity contribution in [2.24, 2.45) is 0 Å². The van der Waals surface area contributed by atoms with Gasteiger partial charge in [-0.15, -0.1) is 0 Å². The predicted octanol–water partition coefficient (Wildman–Crippen LogP) is 2.07. The van der Waals surface area contributed by atoms with E-state index in [1.807, 2.05) is 12.1 Å². The lowest BCUT2D eigenvalue weighted by Crippen LogP contribution is -2.23. The van der Waals surface area contributed by atoms with Crippen LogP contribution in [-0.2, 0) is 9.53 Å². The summed E-state index contributed by atoms with van der Waals surface area (Å²) < 4.78 is 4.74. The molecule has 0 aliphatic carbocycles. The molecule has 17 heavy (non-hydrogen) atoms. The number of aliphatic hydroxyl groups excluding tert-OH is 1. The molecule has 0 saturated carbocycles. The smallest absolute Gasteiger partial charge is 0.308 e. The lowest BCUT2D eigenvalue weighted by molar-refractivity contribution is -0.145. The van der Waals surface area contributed by atoms with Crippen molar-refractivity contribution in [3.63, 3.8) is 0 Å². The molecule has 4 nitrogen and oxygen atoms in total. The molecule has 0 amide bonds. The van der Waals surface area contributed by atoms with Crippen LogP contribution in [0.5, 0.6) is 0 Å². The second-order valence-electron chi connectivity index (χ2n) is 3.55. The maximum Gasteiger partial charge on any atom is 0.308 e. The molecule has 1 aromatic carbocycles. The van der Waals surface area contributed by atoms with Gasteiger partial charge in [-0.1, -0.05) is 17.7 Å². The Hall–Kier alpha value is -1.26. The Morgan fingerprint density at radius 3 is 3.00 bits per heavy atom. The molecule has 2 N–H and O–H groups in total. The zero-order valence-electron chi connectivity index (χ0n) is 9.65. The number of benzene rings is 1. The van der Waals surface area contributed by atoms with E-state index in [4.69, 9.17) is 16.3 Å². The first kappa shape index (κ1) is 13.8. The van der Waals surface area contributed by atoms with Crippen molar-refractivity contribution in [2.75, 3.05) is 18.5 Å². The highest BCUT2D eigenvalue weighted by molar-refractivity contribution is 6.30. The van der Waals surface area contributed by atoms with Gasteiger partial charge in [0, 0.05) is 17.3 Å². The van der Waals surface area contributed by atoms with E-state index >= 15 is 0 Å². The molecule has 1 aromatic rings. The van der Waals surface area contributed by atoms with Crippen molar-refractivity contribution in [3.05, 3.63) is 29.3 Å². The average Bonchev–Trinajstić information content (AvgIpc) is 2.27. The molecule has 0 saturated heterocycles. The third-order valence-electron chi connectivity index (χ3n) is 2.07. The van der Waals surface area contributed by atoms with Crippen LogP contribution in [0.3, 0.4) is 0 Å². The van der Waals surface area contributed by atoms with E-state index in [-0.39, 0.29) is 13.0 Å². The minimum absolute atomic E-state index is 0.0125. The maximum atomic E-state index is 11.1. The molecule has 94 valence electrons. The highest BCUT2D eigenvalue weighted by Gasteiger charge is 2.11. The largest absolute Gasteiger partial charge is 0.466 e. The highest BCUT2D eigenvalue weighted by atomic mass is 35.5. The second kappa shape index (κ2) is 7.14. The van der Waals surface area contributed by atoms with Gasteiger partial charge in [0.15, 0.2) is 0 Å². The van der Waals surface area contributed by atoms with Crippen LogP contribution in [0.4, 0.5) is 5.69 Å². The number of rotatable bonds is 6. The summed E-state index contributed by atoms with van der Waals surface area (Å²) in [6.07, 6.45) is -0.783. The van der Waals surface area contributed by atoms with E-state index in [0.717, 1.165) is 5.69 Å². The van der Waals surface area contributed by atoms with E-state index in [0.29, 0.717) is 11.6 Å². The summed E-state index contributed by atoms with van der Waals surface area (Å²) >= 11 is 5.81. The van der Waals surface area contributed by atoms with E-state index < -0.39 is 12.1 Å². The lowest BCUT2D eigenvalue weighted by Gasteiger charge is -2.12. The summed E-state index contributed by atoms with van der Waals surface area (Å²) in [4.78, 5) is 11.1. The molecule has 1 atom stereocenters. The molecule has 0 fully saturated rings. The number of carbonyl (C=O) groups is 1. The van der Waals surface area contributed by atoms with Crippen LogP contribution < -0.4 is 5.32 Å². The Bertz CT molecular complexity index is 371. The zero-order valence-corrected chi connectivity index (χ0v) is 10.4. The monoisotopic (exact) mass is 257 g/mol. The summed E-state index contributed by atoms with van der Waals surface area (Å²) in [5.41, 5.74) is 0.806. The quantitative estimate of drug-likeness (QED) is 0.766. The Labute approximate surface area is 106 Å². The van der Waals surface area contributed by atoms with E-state index in [1.165, 1.54) is 0 Å². The molecule has 0 aliphatic heterocycles. The summed E-state index contributed by atoms with van der Waals surface area (Å²) in [6, 6.07) is 7.16. The van der Waals surface area contributed by atoms with Gasteiger partial charge in [-0.2, -0.15) is 0 Å². The molecule has 0 aliphatic rings. The predicted molar refractivity (Wildman–Crippen MR) is 67.2 cm³/mol. The summed E-state index contributed by atoms with van der Waals surface area (Å²) in [6.45, 7) is 2.33. The first-order valence-corrected chi connectivity index (χ1v) is 5.82. The van der Waals surface area contributed by atoms with Gasteiger partial charge in [0.2, 0.25) is 0 Å². The summed E-state index contributed by atoms with van der Waals surface area (Å²) in [5.74, 6) is -0.395. The number of aliphatic hydroxyl groups is 1. The first-order valence-electron chi connectivity index (χ1n) is 5.45. The number of anilines is 1. The number of hydrogen-bond donors (Lipinski definition) is 2. The number of ether oxygens (including phenoxy) is 1. The summed E-state index contributed by atoms with van der Waals surface area (Å²) in [5, 5.41) is 13.2. The van der Waals surface area contributed by atoms with Crippen molar-refractivity contribution < 1.29 is 14.6 Å². The van der Waals surface area contributed by atoms with Gasteiger partial charge in [-0.25, -0.2) is 0 Å². The molecule has 0 aromatic heterocycles. The van der Waals surface area contributed by atoms with Crippen molar-refractivity contribution in [1.82, 2.24) is 0 Å². The van der Waals surface area contributed by atoms with Gasteiger partial charge in [-0.3, -0.25) is 4.79 Å². The molecular weight excluding hydrogens is 242 g/mol. The number of halogens is 1. The van der Waals surface area contributed by atoms with Crippen molar-refractivity contribution >= 4 is 23.3 Å². The van der Waals surface area contributed by atoms with Crippen LogP contribution in [-0.4, -0.2) is 30.3 Å². The molecule has 0 bridgehead atoms. The van der Waals surface area contributed by atoms with E-state index in [9.17, 15) is 9.90 Å². The molecular formula is C12H16ClNO3. The van der Waals surface area contributed by atoms with Crippen LogP contribution in [0.1, 0.15) is 13.3 Å². The van der Waals surface area contributed by atoms with Gasteiger partial charge in [0.05, 0.1) is 19.1 Å². The highest BCUT2D eigenvalue weighted by Crippen LogP contribution is 2.14. The fraction of sp³-hybridized carbons (Fsp3) is 0.417. The maximum absolute atomic E-state index is 11.1. The summed E-state index contributed by atoms with van der Waals surface area (Å²) in [7, 11) is 0. The Morgan fingerprint density at radius 1 is 1.59 bits per heavy atom. The fourth-order valence-corrected chi connectivity index (χ4v) is 1.51. The Kier molecular flexibility index (Phi) is 5.80. The molecule has 0 heterocycles. The third kappa shape index (κ3) is 5.56. The Balaban J connectivity index is 2.33. The van der Waals surface area contributed by atoms with Crippen molar-refractivity contribution in [1.29, 1.82) is 0 Å². The van der Waals surface area contributed by atoms with Gasteiger partial charge in [0.1, 0.15) is 0 Å². The van der Waals surface area contributed by atoms with Gasteiger partial charge in [-0.05, 0) is 25.1 Å². The van der Waals surface area contributed by atoms with Crippen LogP contribution >= 0.6 is 11.6 Å². The van der Waals surface area contributed by atoms with Gasteiger partial charge in [0.25, 0.3) is 0 Å². The minimum atomic E-state index is -0.770. The van der Waals surface area contributed by atoms with Crippen LogP contribution in [0.15, 0.2) is 24.3 Å². The third-order valence-corrected chi connectivity index (χ3v) is 2.31. The number of carbonyl (C=O) groups excluding carboxylic acids is 1. The van der Waals surface area contributed by atoms with Crippen molar-refractivity contribution in [2.45, 2.75) is 19.4 Å². The number of esters is 1. The van der Waals surface area contributed by atoms with Crippen molar-refractivity contribution in [3.8, 4) is 0 Å². The number of nitrogens with one attached hydrogen (secondary N) is 1. The number of hydrogen-bond acceptors (Lipinski definition) is 4. The van der Waals surface area contributed by atoms with E-state index in [2.05, 4.69) is 5.32 Å². The van der Waals surface area contributed by atoms with E-state index in [1.54, 1.807) is 19.1 Å². The second-order valence-corrected chi connectivity index (χ2v) is 3.99.